The highest BCUT2D eigenvalue weighted by atomic mass is 32.2. The number of benzene rings is 2. The van der Waals surface area contributed by atoms with Gasteiger partial charge in [-0.05, 0) is 42.8 Å². The summed E-state index contributed by atoms with van der Waals surface area (Å²) in [4.78, 5) is 26.0. The summed E-state index contributed by atoms with van der Waals surface area (Å²) >= 11 is 0. The molecule has 0 spiro atoms. The van der Waals surface area contributed by atoms with Gasteiger partial charge in [-0.15, -0.1) is 0 Å². The van der Waals surface area contributed by atoms with Gasteiger partial charge in [-0.2, -0.15) is 0 Å². The fourth-order valence-corrected chi connectivity index (χ4v) is 4.16. The van der Waals surface area contributed by atoms with Crippen molar-refractivity contribution in [1.29, 1.82) is 0 Å². The van der Waals surface area contributed by atoms with Gasteiger partial charge in [0.25, 0.3) is 0 Å². The minimum atomic E-state index is -3.51. The number of rotatable bonds is 7. The Morgan fingerprint density at radius 2 is 1.86 bits per heavy atom. The largest absolute Gasteiger partial charge is 0.497 e. The number of nitrogens with one attached hydrogen (secondary N) is 1. The van der Waals surface area contributed by atoms with Gasteiger partial charge in [-0.1, -0.05) is 12.1 Å². The Kier molecular flexibility index (Phi) is 6.07. The van der Waals surface area contributed by atoms with E-state index in [-0.39, 0.29) is 31.3 Å². The standard InChI is InChI=1S/C20H23N3O5S/c1-28-16-11-9-15(10-12-16)23(29(2,26)27)13-5-8-20(25)22-14-19(24)21-17-6-3-4-7-18(17)22/h3-4,6-7,9-12H,5,8,13-14H2,1-2H3,(H,21,24). The average Bonchev–Trinajstić information content (AvgIpc) is 2.69. The minimum absolute atomic E-state index is 0.0515. The Balaban J connectivity index is 1.68. The van der Waals surface area contributed by atoms with Gasteiger partial charge in [0.05, 0.1) is 30.4 Å². The second-order valence-corrected chi connectivity index (χ2v) is 8.59. The predicted octanol–water partition coefficient (Wildman–Crippen LogP) is 2.23. The molecule has 0 aromatic heterocycles. The molecular formula is C20H23N3O5S. The van der Waals surface area contributed by atoms with E-state index in [2.05, 4.69) is 5.32 Å². The maximum absolute atomic E-state index is 12.7. The van der Waals surface area contributed by atoms with Gasteiger partial charge in [0.2, 0.25) is 21.8 Å². The Morgan fingerprint density at radius 1 is 1.17 bits per heavy atom. The van der Waals surface area contributed by atoms with E-state index >= 15 is 0 Å². The highest BCUT2D eigenvalue weighted by Crippen LogP contribution is 2.29. The quantitative estimate of drug-likeness (QED) is 0.745. The second-order valence-electron chi connectivity index (χ2n) is 6.68. The molecule has 0 radical (unpaired) electrons. The van der Waals surface area contributed by atoms with Gasteiger partial charge in [0.15, 0.2) is 0 Å². The van der Waals surface area contributed by atoms with Gasteiger partial charge < -0.3 is 15.0 Å². The molecule has 1 heterocycles. The first kappa shape index (κ1) is 20.7. The maximum atomic E-state index is 12.7. The van der Waals surface area contributed by atoms with Crippen LogP contribution in [0.1, 0.15) is 12.8 Å². The highest BCUT2D eigenvalue weighted by Gasteiger charge is 2.26. The van der Waals surface area contributed by atoms with Crippen LogP contribution in [0.15, 0.2) is 48.5 Å². The minimum Gasteiger partial charge on any atom is -0.497 e. The number of anilines is 3. The normalized spacial score (nSPS) is 13.4. The molecule has 1 aliphatic heterocycles. The van der Waals surface area contributed by atoms with Gasteiger partial charge in [0, 0.05) is 13.0 Å². The molecule has 0 saturated heterocycles. The summed E-state index contributed by atoms with van der Waals surface area (Å²) in [5, 5.41) is 2.74. The molecule has 2 aromatic rings. The van der Waals surface area contributed by atoms with E-state index in [0.29, 0.717) is 29.2 Å². The van der Waals surface area contributed by atoms with Crippen molar-refractivity contribution in [3.63, 3.8) is 0 Å². The Labute approximate surface area is 170 Å². The third-order valence-corrected chi connectivity index (χ3v) is 5.78. The lowest BCUT2D eigenvalue weighted by Crippen LogP contribution is -2.42. The van der Waals surface area contributed by atoms with Crippen LogP contribution in [-0.2, 0) is 19.6 Å². The molecule has 8 nitrogen and oxygen atoms in total. The molecule has 0 aliphatic carbocycles. The topological polar surface area (TPSA) is 96.0 Å². The lowest BCUT2D eigenvalue weighted by Gasteiger charge is -2.29. The molecule has 1 aliphatic rings. The number of carbonyl (C=O) groups excluding carboxylic acids is 2. The Bertz CT molecular complexity index is 1010. The zero-order chi connectivity index (χ0) is 21.0. The molecule has 0 atom stereocenters. The fourth-order valence-electron chi connectivity index (χ4n) is 3.20. The molecule has 0 unspecified atom stereocenters. The molecule has 154 valence electrons. The third kappa shape index (κ3) is 4.86. The number of methoxy groups -OCH3 is 1. The molecule has 0 fully saturated rings. The summed E-state index contributed by atoms with van der Waals surface area (Å²) in [6.07, 6.45) is 1.56. The number of hydrogen-bond acceptors (Lipinski definition) is 5. The number of nitrogens with zero attached hydrogens (tertiary/aromatic N) is 2. The van der Waals surface area contributed by atoms with E-state index in [9.17, 15) is 18.0 Å². The van der Waals surface area contributed by atoms with Gasteiger partial charge >= 0.3 is 0 Å². The fraction of sp³-hybridized carbons (Fsp3) is 0.300. The first-order valence-electron chi connectivity index (χ1n) is 9.10. The zero-order valence-electron chi connectivity index (χ0n) is 16.3. The van der Waals surface area contributed by atoms with Crippen molar-refractivity contribution >= 4 is 38.9 Å². The van der Waals surface area contributed by atoms with E-state index in [1.165, 1.54) is 16.3 Å². The number of para-hydroxylation sites is 2. The summed E-state index contributed by atoms with van der Waals surface area (Å²) in [7, 11) is -1.98. The molecule has 2 amide bonds. The van der Waals surface area contributed by atoms with Crippen LogP contribution in [0.4, 0.5) is 17.1 Å². The van der Waals surface area contributed by atoms with Crippen molar-refractivity contribution in [3.8, 4) is 5.75 Å². The molecule has 0 saturated carbocycles. The van der Waals surface area contributed by atoms with Crippen LogP contribution >= 0.6 is 0 Å². The van der Waals surface area contributed by atoms with Crippen LogP contribution in [0, 0.1) is 0 Å². The first-order chi connectivity index (χ1) is 13.8. The smallest absolute Gasteiger partial charge is 0.244 e. The van der Waals surface area contributed by atoms with Gasteiger partial charge in [0.1, 0.15) is 12.3 Å². The molecule has 1 N–H and O–H groups in total. The zero-order valence-corrected chi connectivity index (χ0v) is 17.1. The molecule has 3 rings (SSSR count). The summed E-state index contributed by atoms with van der Waals surface area (Å²) in [6.45, 7) is 0.0999. The van der Waals surface area contributed by atoms with Gasteiger partial charge in [-0.3, -0.25) is 13.9 Å². The van der Waals surface area contributed by atoms with E-state index in [1.54, 1.807) is 48.5 Å². The number of amides is 2. The lowest BCUT2D eigenvalue weighted by molar-refractivity contribution is -0.121. The summed E-state index contributed by atoms with van der Waals surface area (Å²) in [5.41, 5.74) is 1.74. The molecule has 0 bridgehead atoms. The van der Waals surface area contributed by atoms with E-state index in [4.69, 9.17) is 4.74 Å². The second kappa shape index (κ2) is 8.52. The van der Waals surface area contributed by atoms with Crippen molar-refractivity contribution < 1.29 is 22.7 Å². The van der Waals surface area contributed by atoms with Crippen molar-refractivity contribution in [2.45, 2.75) is 12.8 Å². The van der Waals surface area contributed by atoms with Crippen LogP contribution < -0.4 is 19.3 Å². The van der Waals surface area contributed by atoms with Crippen LogP contribution in [-0.4, -0.2) is 46.7 Å². The van der Waals surface area contributed by atoms with Crippen LogP contribution in [0.2, 0.25) is 0 Å². The van der Waals surface area contributed by atoms with E-state index < -0.39 is 10.0 Å². The number of sulfonamides is 1. The van der Waals surface area contributed by atoms with E-state index in [0.717, 1.165) is 6.26 Å². The number of fused-ring (bicyclic) bond motifs is 1. The Hall–Kier alpha value is -3.07. The Morgan fingerprint density at radius 3 is 2.52 bits per heavy atom. The van der Waals surface area contributed by atoms with Crippen LogP contribution in [0.25, 0.3) is 0 Å². The lowest BCUT2D eigenvalue weighted by atomic mass is 10.1. The maximum Gasteiger partial charge on any atom is 0.244 e. The molecule has 29 heavy (non-hydrogen) atoms. The van der Waals surface area contributed by atoms with E-state index in [1.807, 2.05) is 0 Å². The number of ether oxygens (including phenoxy) is 1. The van der Waals surface area contributed by atoms with Crippen LogP contribution in [0.5, 0.6) is 5.75 Å². The van der Waals surface area contributed by atoms with Crippen molar-refractivity contribution in [2.24, 2.45) is 0 Å². The number of hydrogen-bond donors (Lipinski definition) is 1. The van der Waals surface area contributed by atoms with Crippen molar-refractivity contribution in [1.82, 2.24) is 0 Å². The number of carbonyl (C=O) groups is 2. The molecule has 9 heteroatoms. The summed E-state index contributed by atoms with van der Waals surface area (Å²) in [5.74, 6) is 0.142. The van der Waals surface area contributed by atoms with Gasteiger partial charge in [-0.25, -0.2) is 8.42 Å². The monoisotopic (exact) mass is 417 g/mol. The SMILES string of the molecule is COc1ccc(N(CCCC(=O)N2CC(=O)Nc3ccccc32)S(C)(=O)=O)cc1. The van der Waals surface area contributed by atoms with Crippen molar-refractivity contribution in [3.05, 3.63) is 48.5 Å². The highest BCUT2D eigenvalue weighted by molar-refractivity contribution is 7.92. The first-order valence-corrected chi connectivity index (χ1v) is 11.0. The van der Waals surface area contributed by atoms with Crippen molar-refractivity contribution in [2.75, 3.05) is 41.0 Å². The summed E-state index contributed by atoms with van der Waals surface area (Å²) in [6, 6.07) is 13.8. The third-order valence-electron chi connectivity index (χ3n) is 4.58. The molecular weight excluding hydrogens is 394 g/mol. The predicted molar refractivity (Wildman–Crippen MR) is 112 cm³/mol. The van der Waals surface area contributed by atoms with Crippen LogP contribution in [0.3, 0.4) is 0 Å². The average molecular weight is 417 g/mol. The summed E-state index contributed by atoms with van der Waals surface area (Å²) < 4.78 is 30.8. The molecule has 2 aromatic carbocycles.